The molecule has 0 aliphatic heterocycles. The number of hydrogen-bond acceptors (Lipinski definition) is 4. The smallest absolute Gasteiger partial charge is 0.244 e. The molecule has 158 valence electrons. The van der Waals surface area contributed by atoms with E-state index in [1.165, 1.54) is 4.31 Å². The van der Waals surface area contributed by atoms with E-state index in [1.807, 2.05) is 64.1 Å². The number of benzene rings is 2. The zero-order valence-corrected chi connectivity index (χ0v) is 18.5. The first kappa shape index (κ1) is 22.7. The zero-order chi connectivity index (χ0) is 21.6. The highest BCUT2D eigenvalue weighted by molar-refractivity contribution is 7.92. The Bertz CT molecular complexity index is 940. The molecular formula is C22H30N2O4S. The zero-order valence-electron chi connectivity index (χ0n) is 17.7. The molecular weight excluding hydrogens is 388 g/mol. The van der Waals surface area contributed by atoms with Gasteiger partial charge in [0, 0.05) is 6.54 Å². The SMILES string of the molecule is CCOc1ccc(CNC(=O)[C@@H](CC)N(c2cc(C)ccc2C)S(C)(=O)=O)cc1. The summed E-state index contributed by atoms with van der Waals surface area (Å²) in [4.78, 5) is 12.9. The van der Waals surface area contributed by atoms with Crippen molar-refractivity contribution >= 4 is 21.6 Å². The summed E-state index contributed by atoms with van der Waals surface area (Å²) >= 11 is 0. The molecule has 0 bridgehead atoms. The van der Waals surface area contributed by atoms with Crippen molar-refractivity contribution in [2.45, 2.75) is 46.7 Å². The highest BCUT2D eigenvalue weighted by Gasteiger charge is 2.32. The van der Waals surface area contributed by atoms with Crippen molar-refractivity contribution in [2.24, 2.45) is 0 Å². The van der Waals surface area contributed by atoms with Crippen LogP contribution in [-0.2, 0) is 21.4 Å². The van der Waals surface area contributed by atoms with Gasteiger partial charge in [0.2, 0.25) is 15.9 Å². The predicted molar refractivity (Wildman–Crippen MR) is 117 cm³/mol. The van der Waals surface area contributed by atoms with Crippen LogP contribution in [0.1, 0.15) is 37.0 Å². The van der Waals surface area contributed by atoms with Gasteiger partial charge in [0.25, 0.3) is 0 Å². The molecule has 0 aromatic heterocycles. The molecule has 2 aromatic carbocycles. The molecule has 0 radical (unpaired) electrons. The Balaban J connectivity index is 2.23. The molecule has 2 aromatic rings. The van der Waals surface area contributed by atoms with Gasteiger partial charge in [-0.2, -0.15) is 0 Å². The monoisotopic (exact) mass is 418 g/mol. The van der Waals surface area contributed by atoms with Crippen LogP contribution >= 0.6 is 0 Å². The topological polar surface area (TPSA) is 75.7 Å². The molecule has 1 N–H and O–H groups in total. The molecule has 0 aliphatic rings. The Morgan fingerprint density at radius 1 is 1.10 bits per heavy atom. The highest BCUT2D eigenvalue weighted by atomic mass is 32.2. The number of nitrogens with zero attached hydrogens (tertiary/aromatic N) is 1. The lowest BCUT2D eigenvalue weighted by atomic mass is 10.1. The van der Waals surface area contributed by atoms with Crippen molar-refractivity contribution in [3.8, 4) is 5.75 Å². The lowest BCUT2D eigenvalue weighted by Crippen LogP contribution is -2.49. The second-order valence-electron chi connectivity index (χ2n) is 7.07. The first-order valence-electron chi connectivity index (χ1n) is 9.73. The van der Waals surface area contributed by atoms with Gasteiger partial charge >= 0.3 is 0 Å². The minimum absolute atomic E-state index is 0.312. The molecule has 6 nitrogen and oxygen atoms in total. The molecule has 0 saturated heterocycles. The van der Waals surface area contributed by atoms with E-state index in [2.05, 4.69) is 5.32 Å². The molecule has 0 aliphatic carbocycles. The van der Waals surface area contributed by atoms with Crippen LogP contribution in [-0.4, -0.2) is 33.2 Å². The van der Waals surface area contributed by atoms with E-state index in [-0.39, 0.29) is 5.91 Å². The van der Waals surface area contributed by atoms with Gasteiger partial charge in [-0.05, 0) is 62.1 Å². The van der Waals surface area contributed by atoms with Crippen LogP contribution in [0, 0.1) is 13.8 Å². The third kappa shape index (κ3) is 5.97. The third-order valence-electron chi connectivity index (χ3n) is 4.63. The van der Waals surface area contributed by atoms with E-state index in [9.17, 15) is 13.2 Å². The minimum atomic E-state index is -3.65. The lowest BCUT2D eigenvalue weighted by Gasteiger charge is -2.31. The average molecular weight is 419 g/mol. The number of ether oxygens (including phenoxy) is 1. The number of anilines is 1. The Kier molecular flexibility index (Phi) is 7.67. The Morgan fingerprint density at radius 3 is 2.31 bits per heavy atom. The fourth-order valence-electron chi connectivity index (χ4n) is 3.17. The standard InChI is InChI=1S/C22H30N2O4S/c1-6-20(22(25)23-15-18-10-12-19(13-11-18)28-7-2)24(29(5,26)27)21-14-16(3)8-9-17(21)4/h8-14,20H,6-7,15H2,1-5H3,(H,23,25)/t20-/m1/s1. The summed E-state index contributed by atoms with van der Waals surface area (Å²) in [5, 5.41) is 2.87. The number of hydrogen-bond donors (Lipinski definition) is 1. The maximum absolute atomic E-state index is 12.9. The van der Waals surface area contributed by atoms with Gasteiger partial charge in [0.1, 0.15) is 11.8 Å². The fraction of sp³-hybridized carbons (Fsp3) is 0.409. The van der Waals surface area contributed by atoms with E-state index in [0.29, 0.717) is 25.3 Å². The Hall–Kier alpha value is -2.54. The van der Waals surface area contributed by atoms with Gasteiger partial charge in [-0.1, -0.05) is 31.2 Å². The van der Waals surface area contributed by atoms with Crippen LogP contribution in [0.4, 0.5) is 5.69 Å². The number of carbonyl (C=O) groups is 1. The second-order valence-corrected chi connectivity index (χ2v) is 8.93. The van der Waals surface area contributed by atoms with Gasteiger partial charge in [-0.15, -0.1) is 0 Å². The van der Waals surface area contributed by atoms with Crippen molar-refractivity contribution in [2.75, 3.05) is 17.2 Å². The summed E-state index contributed by atoms with van der Waals surface area (Å²) in [6, 6.07) is 12.2. The summed E-state index contributed by atoms with van der Waals surface area (Å²) in [5.74, 6) is 0.444. The number of amides is 1. The lowest BCUT2D eigenvalue weighted by molar-refractivity contribution is -0.122. The maximum atomic E-state index is 12.9. The van der Waals surface area contributed by atoms with Gasteiger partial charge in [0.15, 0.2) is 0 Å². The molecule has 0 saturated carbocycles. The highest BCUT2D eigenvalue weighted by Crippen LogP contribution is 2.27. The van der Waals surface area contributed by atoms with Crippen molar-refractivity contribution in [1.29, 1.82) is 0 Å². The second kappa shape index (κ2) is 9.78. The molecule has 0 unspecified atom stereocenters. The summed E-state index contributed by atoms with van der Waals surface area (Å²) in [6.45, 7) is 8.38. The van der Waals surface area contributed by atoms with Crippen LogP contribution in [0.2, 0.25) is 0 Å². The van der Waals surface area contributed by atoms with E-state index in [4.69, 9.17) is 4.74 Å². The van der Waals surface area contributed by atoms with Gasteiger partial charge in [-0.3, -0.25) is 9.10 Å². The average Bonchev–Trinajstić information content (AvgIpc) is 2.66. The molecule has 1 amide bonds. The quantitative estimate of drug-likeness (QED) is 0.676. The minimum Gasteiger partial charge on any atom is -0.494 e. The van der Waals surface area contributed by atoms with Crippen molar-refractivity contribution in [3.63, 3.8) is 0 Å². The van der Waals surface area contributed by atoms with Gasteiger partial charge in [-0.25, -0.2) is 8.42 Å². The van der Waals surface area contributed by atoms with Crippen LogP contribution in [0.3, 0.4) is 0 Å². The van der Waals surface area contributed by atoms with Crippen molar-refractivity contribution in [3.05, 3.63) is 59.2 Å². The molecule has 0 heterocycles. The van der Waals surface area contributed by atoms with Crippen LogP contribution in [0.5, 0.6) is 5.75 Å². The van der Waals surface area contributed by atoms with E-state index in [1.54, 1.807) is 6.07 Å². The summed E-state index contributed by atoms with van der Waals surface area (Å²) in [5.41, 5.74) is 3.19. The van der Waals surface area contributed by atoms with Crippen molar-refractivity contribution in [1.82, 2.24) is 5.32 Å². The first-order chi connectivity index (χ1) is 13.7. The van der Waals surface area contributed by atoms with E-state index >= 15 is 0 Å². The number of sulfonamides is 1. The molecule has 1 atom stereocenters. The van der Waals surface area contributed by atoms with Crippen LogP contribution in [0.15, 0.2) is 42.5 Å². The Labute approximate surface area is 173 Å². The number of rotatable bonds is 9. The van der Waals surface area contributed by atoms with E-state index in [0.717, 1.165) is 28.7 Å². The maximum Gasteiger partial charge on any atom is 0.244 e. The fourth-order valence-corrected chi connectivity index (χ4v) is 4.43. The largest absolute Gasteiger partial charge is 0.494 e. The molecule has 7 heteroatoms. The van der Waals surface area contributed by atoms with E-state index < -0.39 is 16.1 Å². The van der Waals surface area contributed by atoms with Crippen LogP contribution < -0.4 is 14.4 Å². The van der Waals surface area contributed by atoms with Crippen LogP contribution in [0.25, 0.3) is 0 Å². The summed E-state index contributed by atoms with van der Waals surface area (Å²) in [6.07, 6.45) is 1.49. The molecule has 0 spiro atoms. The van der Waals surface area contributed by atoms with Gasteiger partial charge in [0.05, 0.1) is 18.6 Å². The third-order valence-corrected chi connectivity index (χ3v) is 5.80. The number of carbonyl (C=O) groups excluding carboxylic acids is 1. The summed E-state index contributed by atoms with van der Waals surface area (Å²) < 4.78 is 31.9. The molecule has 2 rings (SSSR count). The normalized spacial score (nSPS) is 12.3. The van der Waals surface area contributed by atoms with Gasteiger partial charge < -0.3 is 10.1 Å². The number of aryl methyl sites for hydroxylation is 2. The molecule has 29 heavy (non-hydrogen) atoms. The predicted octanol–water partition coefficient (Wildman–Crippen LogP) is 3.56. The summed E-state index contributed by atoms with van der Waals surface area (Å²) in [7, 11) is -3.65. The first-order valence-corrected chi connectivity index (χ1v) is 11.6. The molecule has 0 fully saturated rings. The number of nitrogens with one attached hydrogen (secondary N) is 1. The Morgan fingerprint density at radius 2 is 1.76 bits per heavy atom. The van der Waals surface area contributed by atoms with Crippen molar-refractivity contribution < 1.29 is 17.9 Å².